The van der Waals surface area contributed by atoms with Crippen LogP contribution < -0.4 is 5.56 Å². The molecule has 0 aliphatic rings. The van der Waals surface area contributed by atoms with E-state index in [2.05, 4.69) is 9.97 Å². The Bertz CT molecular complexity index is 958. The minimum absolute atomic E-state index is 0.0167. The molecule has 2 aromatic heterocycles. The first-order chi connectivity index (χ1) is 11.0. The Morgan fingerprint density at radius 2 is 2.17 bits per heavy atom. The van der Waals surface area contributed by atoms with Gasteiger partial charge < -0.3 is 14.8 Å². The quantitative estimate of drug-likeness (QED) is 0.720. The van der Waals surface area contributed by atoms with Crippen molar-refractivity contribution < 1.29 is 14.6 Å². The molecule has 0 unspecified atom stereocenters. The van der Waals surface area contributed by atoms with E-state index < -0.39 is 5.97 Å². The molecule has 1 aromatic carbocycles. The zero-order valence-electron chi connectivity index (χ0n) is 12.5. The Kier molecular flexibility index (Phi) is 3.87. The van der Waals surface area contributed by atoms with Crippen LogP contribution in [0.3, 0.4) is 0 Å². The molecule has 2 heterocycles. The van der Waals surface area contributed by atoms with E-state index in [0.717, 1.165) is 10.4 Å². The number of benzene rings is 1. The van der Waals surface area contributed by atoms with E-state index in [1.165, 1.54) is 29.5 Å². The largest absolute Gasteiger partial charge is 0.508 e. The zero-order chi connectivity index (χ0) is 16.6. The number of carbonyl (C=O) groups is 1. The highest BCUT2D eigenvalue weighted by Gasteiger charge is 2.13. The second-order valence-electron chi connectivity index (χ2n) is 5.10. The molecule has 7 heteroatoms. The maximum absolute atomic E-state index is 12.1. The summed E-state index contributed by atoms with van der Waals surface area (Å²) >= 11 is 1.44. The fourth-order valence-corrected chi connectivity index (χ4v) is 3.27. The van der Waals surface area contributed by atoms with Gasteiger partial charge in [0.2, 0.25) is 0 Å². The van der Waals surface area contributed by atoms with Crippen molar-refractivity contribution in [3.8, 4) is 5.75 Å². The molecule has 3 aromatic rings. The standard InChI is InChI=1S/C16H14N2O4S/c1-8-9(2)23-15-13(8)14(20)17-12(18-15)7-22-16(21)10-4-3-5-11(19)6-10/h3-6,19H,7H2,1-2H3,(H,17,18,20). The third kappa shape index (κ3) is 2.95. The summed E-state index contributed by atoms with van der Waals surface area (Å²) in [6.07, 6.45) is 0. The Morgan fingerprint density at radius 3 is 2.91 bits per heavy atom. The summed E-state index contributed by atoms with van der Waals surface area (Å²) in [7, 11) is 0. The van der Waals surface area contributed by atoms with Gasteiger partial charge in [0.25, 0.3) is 5.56 Å². The number of fused-ring (bicyclic) bond motifs is 1. The molecule has 23 heavy (non-hydrogen) atoms. The van der Waals surface area contributed by atoms with Crippen molar-refractivity contribution in [3.63, 3.8) is 0 Å². The number of phenols is 1. The van der Waals surface area contributed by atoms with Gasteiger partial charge >= 0.3 is 5.97 Å². The van der Waals surface area contributed by atoms with Gasteiger partial charge in [0, 0.05) is 4.88 Å². The fraction of sp³-hybridized carbons (Fsp3) is 0.188. The summed E-state index contributed by atoms with van der Waals surface area (Å²) in [6, 6.07) is 5.86. The molecule has 0 aliphatic carbocycles. The molecule has 0 saturated carbocycles. The van der Waals surface area contributed by atoms with Gasteiger partial charge in [-0.3, -0.25) is 4.79 Å². The number of nitrogens with one attached hydrogen (secondary N) is 1. The molecule has 118 valence electrons. The van der Waals surface area contributed by atoms with Crippen LogP contribution in [0.15, 0.2) is 29.1 Å². The number of nitrogens with zero attached hydrogens (tertiary/aromatic N) is 1. The fourth-order valence-electron chi connectivity index (χ4n) is 2.22. The highest BCUT2D eigenvalue weighted by Crippen LogP contribution is 2.25. The second kappa shape index (κ2) is 5.85. The van der Waals surface area contributed by atoms with Crippen molar-refractivity contribution >= 4 is 27.5 Å². The molecule has 2 N–H and O–H groups in total. The molecular formula is C16H14N2O4S. The van der Waals surface area contributed by atoms with Gasteiger partial charge in [-0.05, 0) is 37.6 Å². The van der Waals surface area contributed by atoms with E-state index in [-0.39, 0.29) is 29.3 Å². The molecular weight excluding hydrogens is 316 g/mol. The van der Waals surface area contributed by atoms with Crippen molar-refractivity contribution in [2.45, 2.75) is 20.5 Å². The molecule has 0 aliphatic heterocycles. The average molecular weight is 330 g/mol. The Morgan fingerprint density at radius 1 is 1.39 bits per heavy atom. The van der Waals surface area contributed by atoms with E-state index in [1.54, 1.807) is 6.07 Å². The molecule has 0 bridgehead atoms. The number of aromatic amines is 1. The smallest absolute Gasteiger partial charge is 0.338 e. The molecule has 0 amide bonds. The SMILES string of the molecule is Cc1sc2nc(COC(=O)c3cccc(O)c3)[nH]c(=O)c2c1C. The Hall–Kier alpha value is -2.67. The average Bonchev–Trinajstić information content (AvgIpc) is 2.80. The van der Waals surface area contributed by atoms with Crippen LogP contribution in [0.2, 0.25) is 0 Å². The number of aryl methyl sites for hydroxylation is 2. The minimum atomic E-state index is -0.595. The number of thiophene rings is 1. The number of ether oxygens (including phenoxy) is 1. The van der Waals surface area contributed by atoms with E-state index in [9.17, 15) is 14.7 Å². The molecule has 3 rings (SSSR count). The third-order valence-electron chi connectivity index (χ3n) is 3.51. The van der Waals surface area contributed by atoms with Crippen LogP contribution >= 0.6 is 11.3 Å². The van der Waals surface area contributed by atoms with E-state index >= 15 is 0 Å². The topological polar surface area (TPSA) is 92.3 Å². The summed E-state index contributed by atoms with van der Waals surface area (Å²) in [5.74, 6) is -0.323. The molecule has 0 spiro atoms. The number of hydrogen-bond donors (Lipinski definition) is 2. The molecule has 0 radical (unpaired) electrons. The van der Waals surface area contributed by atoms with Crippen LogP contribution in [0, 0.1) is 13.8 Å². The maximum atomic E-state index is 12.1. The first-order valence-electron chi connectivity index (χ1n) is 6.91. The Labute approximate surface area is 135 Å². The number of aromatic nitrogens is 2. The number of phenolic OH excluding ortho intramolecular Hbond substituents is 1. The monoisotopic (exact) mass is 330 g/mol. The Balaban J connectivity index is 1.82. The number of carbonyl (C=O) groups excluding carboxylic acids is 1. The van der Waals surface area contributed by atoms with Gasteiger partial charge in [0.05, 0.1) is 10.9 Å². The van der Waals surface area contributed by atoms with Crippen LogP contribution in [-0.4, -0.2) is 21.0 Å². The van der Waals surface area contributed by atoms with Crippen molar-refractivity contribution in [2.24, 2.45) is 0 Å². The lowest BCUT2D eigenvalue weighted by molar-refractivity contribution is 0.0462. The summed E-state index contributed by atoms with van der Waals surface area (Å²) in [5.41, 5.74) is 0.915. The van der Waals surface area contributed by atoms with Crippen molar-refractivity contribution in [2.75, 3.05) is 0 Å². The highest BCUT2D eigenvalue weighted by atomic mass is 32.1. The summed E-state index contributed by atoms with van der Waals surface area (Å²) < 4.78 is 5.13. The van der Waals surface area contributed by atoms with Crippen molar-refractivity contribution in [1.82, 2.24) is 9.97 Å². The number of aromatic hydroxyl groups is 1. The first kappa shape index (κ1) is 15.2. The van der Waals surface area contributed by atoms with Gasteiger partial charge in [-0.25, -0.2) is 9.78 Å². The van der Waals surface area contributed by atoms with Crippen LogP contribution in [0.1, 0.15) is 26.6 Å². The summed E-state index contributed by atoms with van der Waals surface area (Å²) in [4.78, 5) is 32.7. The summed E-state index contributed by atoms with van der Waals surface area (Å²) in [6.45, 7) is 3.67. The van der Waals surface area contributed by atoms with E-state index in [4.69, 9.17) is 4.74 Å². The molecule has 6 nitrogen and oxygen atoms in total. The van der Waals surface area contributed by atoms with Crippen LogP contribution in [0.25, 0.3) is 10.2 Å². The van der Waals surface area contributed by atoms with Gasteiger partial charge in [0.15, 0.2) is 0 Å². The predicted octanol–water partition coefficient (Wildman–Crippen LogP) is 2.66. The maximum Gasteiger partial charge on any atom is 0.338 e. The normalized spacial score (nSPS) is 10.9. The first-order valence-corrected chi connectivity index (χ1v) is 7.72. The number of H-pyrrole nitrogens is 1. The van der Waals surface area contributed by atoms with Gasteiger partial charge in [0.1, 0.15) is 23.0 Å². The molecule has 0 saturated heterocycles. The number of hydrogen-bond acceptors (Lipinski definition) is 6. The second-order valence-corrected chi connectivity index (χ2v) is 6.31. The van der Waals surface area contributed by atoms with Crippen LogP contribution in [0.4, 0.5) is 0 Å². The lowest BCUT2D eigenvalue weighted by Gasteiger charge is -2.05. The highest BCUT2D eigenvalue weighted by molar-refractivity contribution is 7.18. The number of rotatable bonds is 3. The predicted molar refractivity (Wildman–Crippen MR) is 86.9 cm³/mol. The molecule has 0 atom stereocenters. The van der Waals surface area contributed by atoms with Crippen LogP contribution in [-0.2, 0) is 11.3 Å². The minimum Gasteiger partial charge on any atom is -0.508 e. The van der Waals surface area contributed by atoms with E-state index in [0.29, 0.717) is 10.2 Å². The van der Waals surface area contributed by atoms with Gasteiger partial charge in [-0.1, -0.05) is 6.07 Å². The van der Waals surface area contributed by atoms with Crippen molar-refractivity contribution in [3.05, 3.63) is 56.4 Å². The van der Waals surface area contributed by atoms with E-state index in [1.807, 2.05) is 13.8 Å². The van der Waals surface area contributed by atoms with Crippen molar-refractivity contribution in [1.29, 1.82) is 0 Å². The van der Waals surface area contributed by atoms with Gasteiger partial charge in [-0.15, -0.1) is 11.3 Å². The van der Waals surface area contributed by atoms with Crippen LogP contribution in [0.5, 0.6) is 5.75 Å². The summed E-state index contributed by atoms with van der Waals surface area (Å²) in [5, 5.41) is 9.94. The lowest BCUT2D eigenvalue weighted by Crippen LogP contribution is -2.14. The third-order valence-corrected chi connectivity index (χ3v) is 4.61. The zero-order valence-corrected chi connectivity index (χ0v) is 13.4. The van der Waals surface area contributed by atoms with Gasteiger partial charge in [-0.2, -0.15) is 0 Å². The number of esters is 1. The molecule has 0 fully saturated rings. The lowest BCUT2D eigenvalue weighted by atomic mass is 10.2.